The molecule has 0 radical (unpaired) electrons. The van der Waals surface area contributed by atoms with E-state index in [2.05, 4.69) is 11.4 Å². The summed E-state index contributed by atoms with van der Waals surface area (Å²) in [6.45, 7) is 19.6. The SMILES string of the molecule is CC(C)(C)C(=O)OC[C@H]1O[C@@H](N[C@@H](C#N)c2ccccc2)[C@H](OC(=O)C(C)(C)C)[C@@H](OC(=O)C(C)(C)C)[C@H]1OC(=O)C(C)(C)C. The van der Waals surface area contributed by atoms with Gasteiger partial charge in [0, 0.05) is 0 Å². The minimum atomic E-state index is -1.41. The molecule has 0 aliphatic carbocycles. The van der Waals surface area contributed by atoms with Gasteiger partial charge in [0.05, 0.1) is 27.7 Å². The minimum Gasteiger partial charge on any atom is -0.462 e. The van der Waals surface area contributed by atoms with Crippen molar-refractivity contribution in [3.63, 3.8) is 0 Å². The number of ether oxygens (including phenoxy) is 5. The Hall–Kier alpha value is -3.49. The van der Waals surface area contributed by atoms with E-state index in [0.717, 1.165) is 0 Å². The molecule has 1 aromatic rings. The van der Waals surface area contributed by atoms with E-state index in [1.165, 1.54) is 0 Å². The van der Waals surface area contributed by atoms with Gasteiger partial charge in [-0.25, -0.2) is 0 Å². The number of hydrogen-bond donors (Lipinski definition) is 1. The molecule has 0 bridgehead atoms. The van der Waals surface area contributed by atoms with Gasteiger partial charge in [-0.1, -0.05) is 30.3 Å². The van der Waals surface area contributed by atoms with Crippen molar-refractivity contribution < 1.29 is 42.9 Å². The number of hydrogen-bond acceptors (Lipinski definition) is 11. The van der Waals surface area contributed by atoms with Gasteiger partial charge in [-0.3, -0.25) is 24.5 Å². The Bertz CT molecular complexity index is 1240. The monoisotopic (exact) mass is 630 g/mol. The molecule has 6 atom stereocenters. The maximum absolute atomic E-state index is 13.4. The predicted octanol–water partition coefficient (Wildman–Crippen LogP) is 5.03. The lowest BCUT2D eigenvalue weighted by atomic mass is 9.92. The number of nitriles is 1. The van der Waals surface area contributed by atoms with Gasteiger partial charge < -0.3 is 23.7 Å². The van der Waals surface area contributed by atoms with Crippen LogP contribution in [0, 0.1) is 33.0 Å². The van der Waals surface area contributed by atoms with Crippen LogP contribution in [0.4, 0.5) is 0 Å². The maximum Gasteiger partial charge on any atom is 0.311 e. The van der Waals surface area contributed by atoms with Crippen LogP contribution in [0.25, 0.3) is 0 Å². The van der Waals surface area contributed by atoms with Gasteiger partial charge in [-0.05, 0) is 88.6 Å². The number of nitrogens with one attached hydrogen (secondary N) is 1. The van der Waals surface area contributed by atoms with Crippen LogP contribution in [0.2, 0.25) is 0 Å². The zero-order valence-electron chi connectivity index (χ0n) is 28.7. The van der Waals surface area contributed by atoms with Crippen LogP contribution in [0.3, 0.4) is 0 Å². The Labute approximate surface area is 267 Å². The molecule has 250 valence electrons. The first-order valence-electron chi connectivity index (χ1n) is 15.1. The standard InChI is InChI=1S/C34H50N2O9/c1-31(2,3)27(37)41-19-22-23(43-28(38)32(4,5)6)24(44-29(39)33(7,8)9)25(45-30(40)34(10,11)12)26(42-22)36-21(18-35)20-16-14-13-15-17-20/h13-17,21-26,36H,19H2,1-12H3/t21-,22+,23-,24-,25+,26+/m0/s1. The summed E-state index contributed by atoms with van der Waals surface area (Å²) in [7, 11) is 0. The lowest BCUT2D eigenvalue weighted by molar-refractivity contribution is -0.265. The zero-order valence-corrected chi connectivity index (χ0v) is 28.7. The number of esters is 4. The van der Waals surface area contributed by atoms with Crippen LogP contribution in [0.1, 0.15) is 94.7 Å². The van der Waals surface area contributed by atoms with Crippen molar-refractivity contribution in [2.24, 2.45) is 21.7 Å². The van der Waals surface area contributed by atoms with E-state index < -0.39 is 82.2 Å². The largest absolute Gasteiger partial charge is 0.462 e. The molecule has 1 N–H and O–H groups in total. The number of nitrogens with zero attached hydrogens (tertiary/aromatic N) is 1. The van der Waals surface area contributed by atoms with Crippen molar-refractivity contribution in [1.29, 1.82) is 5.26 Å². The fourth-order valence-corrected chi connectivity index (χ4v) is 3.88. The van der Waals surface area contributed by atoms with Crippen molar-refractivity contribution in [2.75, 3.05) is 6.61 Å². The molecular weight excluding hydrogens is 580 g/mol. The first-order chi connectivity index (χ1) is 20.5. The summed E-state index contributed by atoms with van der Waals surface area (Å²) in [5.41, 5.74) is -3.20. The number of carbonyl (C=O) groups excluding carboxylic acids is 4. The zero-order chi connectivity index (χ0) is 34.5. The predicted molar refractivity (Wildman–Crippen MR) is 165 cm³/mol. The Balaban J connectivity index is 2.74. The number of benzene rings is 1. The summed E-state index contributed by atoms with van der Waals surface area (Å²) in [6.07, 6.45) is -6.59. The van der Waals surface area contributed by atoms with Gasteiger partial charge in [-0.2, -0.15) is 5.26 Å². The van der Waals surface area contributed by atoms with Crippen LogP contribution in [-0.4, -0.2) is 61.1 Å². The second kappa shape index (κ2) is 14.3. The van der Waals surface area contributed by atoms with Gasteiger partial charge in [0.15, 0.2) is 24.5 Å². The summed E-state index contributed by atoms with van der Waals surface area (Å²) in [6, 6.07) is 10.1. The van der Waals surface area contributed by atoms with Crippen molar-refractivity contribution in [3.05, 3.63) is 35.9 Å². The van der Waals surface area contributed by atoms with Crippen LogP contribution in [-0.2, 0) is 42.9 Å². The molecule has 1 heterocycles. The molecule has 0 aromatic heterocycles. The van der Waals surface area contributed by atoms with Crippen LogP contribution in [0.15, 0.2) is 30.3 Å². The highest BCUT2D eigenvalue weighted by Crippen LogP contribution is 2.34. The minimum absolute atomic E-state index is 0.386. The quantitative estimate of drug-likeness (QED) is 0.304. The first kappa shape index (κ1) is 37.7. The van der Waals surface area contributed by atoms with Crippen LogP contribution >= 0.6 is 0 Å². The summed E-state index contributed by atoms with van der Waals surface area (Å²) in [5, 5.41) is 13.2. The highest BCUT2D eigenvalue weighted by molar-refractivity contribution is 5.78. The third-order valence-corrected chi connectivity index (χ3v) is 6.78. The van der Waals surface area contributed by atoms with E-state index in [9.17, 15) is 24.4 Å². The van der Waals surface area contributed by atoms with Crippen molar-refractivity contribution in [1.82, 2.24) is 5.32 Å². The van der Waals surface area contributed by atoms with E-state index in [-0.39, 0.29) is 6.61 Å². The Morgan fingerprint density at radius 2 is 1.13 bits per heavy atom. The highest BCUT2D eigenvalue weighted by Gasteiger charge is 2.55. The second-order valence-corrected chi connectivity index (χ2v) is 15.4. The van der Waals surface area contributed by atoms with E-state index >= 15 is 0 Å². The Morgan fingerprint density at radius 1 is 0.711 bits per heavy atom. The first-order valence-corrected chi connectivity index (χ1v) is 15.1. The van der Waals surface area contributed by atoms with Crippen molar-refractivity contribution in [2.45, 2.75) is 120 Å². The molecule has 1 aromatic carbocycles. The van der Waals surface area contributed by atoms with Gasteiger partial charge in [-0.15, -0.1) is 0 Å². The summed E-state index contributed by atoms with van der Waals surface area (Å²) < 4.78 is 29.9. The molecule has 0 spiro atoms. The number of rotatable bonds is 8. The van der Waals surface area contributed by atoms with Crippen LogP contribution < -0.4 is 5.32 Å². The lowest BCUT2D eigenvalue weighted by Crippen LogP contribution is -2.66. The average molecular weight is 631 g/mol. The molecule has 1 aliphatic heterocycles. The smallest absolute Gasteiger partial charge is 0.311 e. The summed E-state index contributed by atoms with van der Waals surface area (Å²) in [5.74, 6) is -2.50. The molecule has 1 saturated heterocycles. The van der Waals surface area contributed by atoms with Gasteiger partial charge in [0.2, 0.25) is 0 Å². The highest BCUT2D eigenvalue weighted by atomic mass is 16.7. The molecule has 1 fully saturated rings. The summed E-state index contributed by atoms with van der Waals surface area (Å²) >= 11 is 0. The molecule has 45 heavy (non-hydrogen) atoms. The molecule has 2 rings (SSSR count). The molecule has 11 nitrogen and oxygen atoms in total. The van der Waals surface area contributed by atoms with Gasteiger partial charge >= 0.3 is 23.9 Å². The third-order valence-electron chi connectivity index (χ3n) is 6.78. The molecule has 11 heteroatoms. The summed E-state index contributed by atoms with van der Waals surface area (Å²) in [4.78, 5) is 52.8. The average Bonchev–Trinajstić information content (AvgIpc) is 2.91. The Morgan fingerprint density at radius 3 is 1.56 bits per heavy atom. The fourth-order valence-electron chi connectivity index (χ4n) is 3.88. The normalized spacial score (nSPS) is 23.2. The molecule has 1 aliphatic rings. The molecule has 0 unspecified atom stereocenters. The fraction of sp³-hybridized carbons (Fsp3) is 0.676. The van der Waals surface area contributed by atoms with E-state index in [0.29, 0.717) is 5.56 Å². The van der Waals surface area contributed by atoms with E-state index in [4.69, 9.17) is 23.7 Å². The Kier molecular flexibility index (Phi) is 12.0. The number of carbonyl (C=O) groups is 4. The third kappa shape index (κ3) is 10.5. The maximum atomic E-state index is 13.4. The van der Waals surface area contributed by atoms with E-state index in [1.807, 2.05) is 0 Å². The molecule has 0 amide bonds. The van der Waals surface area contributed by atoms with Crippen LogP contribution in [0.5, 0.6) is 0 Å². The van der Waals surface area contributed by atoms with Crippen molar-refractivity contribution in [3.8, 4) is 6.07 Å². The van der Waals surface area contributed by atoms with Gasteiger partial charge in [0.1, 0.15) is 18.8 Å². The lowest BCUT2D eigenvalue weighted by Gasteiger charge is -2.46. The molecular formula is C34H50N2O9. The van der Waals surface area contributed by atoms with E-state index in [1.54, 1.807) is 113 Å². The molecule has 0 saturated carbocycles. The topological polar surface area (TPSA) is 150 Å². The van der Waals surface area contributed by atoms with Crippen molar-refractivity contribution >= 4 is 23.9 Å². The second-order valence-electron chi connectivity index (χ2n) is 15.4. The van der Waals surface area contributed by atoms with Gasteiger partial charge in [0.25, 0.3) is 0 Å².